The molecule has 1 N–H and O–H groups in total. The third kappa shape index (κ3) is 2.73. The Hall–Kier alpha value is -2.04. The van der Waals surface area contributed by atoms with Gasteiger partial charge in [0.1, 0.15) is 17.3 Å². The number of anilines is 1. The number of amides is 2. The number of hydrogen-bond acceptors (Lipinski definition) is 3. The summed E-state index contributed by atoms with van der Waals surface area (Å²) in [4.78, 5) is 26.5. The first kappa shape index (κ1) is 15.4. The lowest BCUT2D eigenvalue weighted by atomic mass is 9.92. The van der Waals surface area contributed by atoms with Gasteiger partial charge < -0.3 is 10.1 Å². The molecule has 2 amide bonds. The fourth-order valence-corrected chi connectivity index (χ4v) is 2.46. The molecule has 0 spiro atoms. The maximum atomic E-state index is 12.8. The highest BCUT2D eigenvalue weighted by molar-refractivity contribution is 6.10. The first-order chi connectivity index (χ1) is 9.92. The van der Waals surface area contributed by atoms with Crippen molar-refractivity contribution in [3.05, 3.63) is 24.3 Å². The minimum absolute atomic E-state index is 0.0919. The van der Waals surface area contributed by atoms with Crippen LogP contribution < -0.4 is 15.0 Å². The van der Waals surface area contributed by atoms with Crippen LogP contribution >= 0.6 is 0 Å². The maximum Gasteiger partial charge on any atom is 0.253 e. The number of ether oxygens (including phenoxy) is 1. The highest BCUT2D eigenvalue weighted by atomic mass is 16.5. The van der Waals surface area contributed by atoms with Gasteiger partial charge in [-0.25, -0.2) is 0 Å². The average Bonchev–Trinajstić information content (AvgIpc) is 2.46. The van der Waals surface area contributed by atoms with Crippen molar-refractivity contribution in [2.75, 3.05) is 11.5 Å². The van der Waals surface area contributed by atoms with Gasteiger partial charge in [-0.15, -0.1) is 0 Å². The summed E-state index contributed by atoms with van der Waals surface area (Å²) < 4.78 is 5.47. The highest BCUT2D eigenvalue weighted by Crippen LogP contribution is 2.29. The molecule has 5 nitrogen and oxygen atoms in total. The van der Waals surface area contributed by atoms with Crippen LogP contribution in [0.2, 0.25) is 0 Å². The predicted octanol–water partition coefficient (Wildman–Crippen LogP) is 2.11. The molecule has 0 radical (unpaired) electrons. The Morgan fingerprint density at radius 1 is 1.33 bits per heavy atom. The first-order valence-corrected chi connectivity index (χ1v) is 7.31. The lowest BCUT2D eigenvalue weighted by Gasteiger charge is -2.43. The predicted molar refractivity (Wildman–Crippen MR) is 81.4 cm³/mol. The van der Waals surface area contributed by atoms with Crippen molar-refractivity contribution in [2.45, 2.75) is 45.7 Å². The van der Waals surface area contributed by atoms with Crippen molar-refractivity contribution in [1.82, 2.24) is 5.32 Å². The van der Waals surface area contributed by atoms with Gasteiger partial charge in [-0.05, 0) is 39.3 Å². The van der Waals surface area contributed by atoms with Gasteiger partial charge in [0.15, 0.2) is 0 Å². The minimum Gasteiger partial charge on any atom is -0.494 e. The maximum absolute atomic E-state index is 12.8. The lowest BCUT2D eigenvalue weighted by Crippen LogP contribution is -2.68. The molecule has 2 unspecified atom stereocenters. The highest BCUT2D eigenvalue weighted by Gasteiger charge is 2.45. The molecule has 114 valence electrons. The Kier molecular flexibility index (Phi) is 4.21. The molecule has 1 aliphatic heterocycles. The van der Waals surface area contributed by atoms with Crippen molar-refractivity contribution in [1.29, 1.82) is 0 Å². The van der Waals surface area contributed by atoms with Crippen LogP contribution in [-0.2, 0) is 9.59 Å². The summed E-state index contributed by atoms with van der Waals surface area (Å²) >= 11 is 0. The molecule has 1 aromatic rings. The summed E-state index contributed by atoms with van der Waals surface area (Å²) in [6.07, 6.45) is 0.548. The van der Waals surface area contributed by atoms with Gasteiger partial charge in [0.05, 0.1) is 6.61 Å². The summed E-state index contributed by atoms with van der Waals surface area (Å²) in [7, 11) is 0. The molecule has 5 heteroatoms. The molecular weight excluding hydrogens is 268 g/mol. The van der Waals surface area contributed by atoms with Gasteiger partial charge in [-0.1, -0.05) is 13.0 Å². The van der Waals surface area contributed by atoms with Gasteiger partial charge in [0.2, 0.25) is 5.91 Å². The summed E-state index contributed by atoms with van der Waals surface area (Å²) in [6.45, 7) is 7.85. The van der Waals surface area contributed by atoms with Crippen molar-refractivity contribution in [2.24, 2.45) is 0 Å². The van der Waals surface area contributed by atoms with E-state index in [1.807, 2.05) is 32.0 Å². The largest absolute Gasteiger partial charge is 0.494 e. The molecule has 1 saturated heterocycles. The van der Waals surface area contributed by atoms with E-state index in [1.54, 1.807) is 24.8 Å². The molecule has 0 aromatic heterocycles. The van der Waals surface area contributed by atoms with Crippen LogP contribution in [0.25, 0.3) is 0 Å². The molecule has 0 saturated carbocycles. The van der Waals surface area contributed by atoms with Crippen molar-refractivity contribution in [3.63, 3.8) is 0 Å². The summed E-state index contributed by atoms with van der Waals surface area (Å²) in [5.74, 6) is 0.464. The zero-order chi connectivity index (χ0) is 15.6. The minimum atomic E-state index is -0.856. The van der Waals surface area contributed by atoms with E-state index in [0.717, 1.165) is 0 Å². The van der Waals surface area contributed by atoms with Gasteiger partial charge in [-0.2, -0.15) is 0 Å². The SMILES string of the molecule is CCOc1cccc(N2C(=O)C(C)(CC)NC(=O)C2C)c1. The Bertz CT molecular complexity index is 558. The van der Waals surface area contributed by atoms with Crippen molar-refractivity contribution >= 4 is 17.5 Å². The summed E-state index contributed by atoms with van der Waals surface area (Å²) in [6, 6.07) is 6.76. The first-order valence-electron chi connectivity index (χ1n) is 7.31. The van der Waals surface area contributed by atoms with Crippen LogP contribution in [0.5, 0.6) is 5.75 Å². The standard InChI is InChI=1S/C16H22N2O3/c1-5-16(4)15(20)18(11(3)14(19)17-16)12-8-7-9-13(10-12)21-6-2/h7-11H,5-6H2,1-4H3,(H,17,19). The fraction of sp³-hybridized carbons (Fsp3) is 0.500. The molecule has 1 heterocycles. The van der Waals surface area contributed by atoms with Gasteiger partial charge >= 0.3 is 0 Å². The van der Waals surface area contributed by atoms with E-state index in [2.05, 4.69) is 5.32 Å². The smallest absolute Gasteiger partial charge is 0.253 e. The number of benzene rings is 1. The summed E-state index contributed by atoms with van der Waals surface area (Å²) in [5.41, 5.74) is -0.168. The number of piperazine rings is 1. The number of carbonyl (C=O) groups is 2. The third-order valence-electron chi connectivity index (χ3n) is 3.97. The van der Waals surface area contributed by atoms with Crippen LogP contribution in [0.15, 0.2) is 24.3 Å². The molecule has 0 aliphatic carbocycles. The van der Waals surface area contributed by atoms with Crippen molar-refractivity contribution in [3.8, 4) is 5.75 Å². The lowest BCUT2D eigenvalue weighted by molar-refractivity contribution is -0.137. The molecule has 1 fully saturated rings. The second-order valence-electron chi connectivity index (χ2n) is 5.46. The third-order valence-corrected chi connectivity index (χ3v) is 3.97. The average molecular weight is 290 g/mol. The summed E-state index contributed by atoms with van der Waals surface area (Å²) in [5, 5.41) is 2.82. The normalized spacial score (nSPS) is 25.7. The Morgan fingerprint density at radius 3 is 2.67 bits per heavy atom. The molecule has 2 atom stereocenters. The second kappa shape index (κ2) is 5.76. The molecule has 21 heavy (non-hydrogen) atoms. The number of nitrogens with zero attached hydrogens (tertiary/aromatic N) is 1. The molecule has 0 bridgehead atoms. The van der Waals surface area contributed by atoms with E-state index in [4.69, 9.17) is 4.74 Å². The molecular formula is C16H22N2O3. The number of rotatable bonds is 4. The van der Waals surface area contributed by atoms with E-state index >= 15 is 0 Å². The van der Waals surface area contributed by atoms with E-state index in [-0.39, 0.29) is 11.8 Å². The Balaban J connectivity index is 2.41. The van der Waals surface area contributed by atoms with Crippen LogP contribution in [-0.4, -0.2) is 30.0 Å². The van der Waals surface area contributed by atoms with E-state index in [1.165, 1.54) is 0 Å². The van der Waals surface area contributed by atoms with Gasteiger partial charge in [0.25, 0.3) is 5.91 Å². The second-order valence-corrected chi connectivity index (χ2v) is 5.46. The van der Waals surface area contributed by atoms with E-state index < -0.39 is 11.6 Å². The monoisotopic (exact) mass is 290 g/mol. The number of hydrogen-bond donors (Lipinski definition) is 1. The quantitative estimate of drug-likeness (QED) is 0.924. The van der Waals surface area contributed by atoms with E-state index in [9.17, 15) is 9.59 Å². The topological polar surface area (TPSA) is 58.6 Å². The zero-order valence-electron chi connectivity index (χ0n) is 13.0. The van der Waals surface area contributed by atoms with Gasteiger partial charge in [-0.3, -0.25) is 14.5 Å². The Labute approximate surface area is 125 Å². The van der Waals surface area contributed by atoms with E-state index in [0.29, 0.717) is 24.5 Å². The fourth-order valence-electron chi connectivity index (χ4n) is 2.46. The molecule has 1 aromatic carbocycles. The number of carbonyl (C=O) groups excluding carboxylic acids is 2. The Morgan fingerprint density at radius 2 is 2.05 bits per heavy atom. The van der Waals surface area contributed by atoms with Crippen LogP contribution in [0.1, 0.15) is 34.1 Å². The van der Waals surface area contributed by atoms with Crippen LogP contribution in [0.4, 0.5) is 5.69 Å². The van der Waals surface area contributed by atoms with Crippen LogP contribution in [0, 0.1) is 0 Å². The number of nitrogens with one attached hydrogen (secondary N) is 1. The van der Waals surface area contributed by atoms with Gasteiger partial charge in [0, 0.05) is 11.8 Å². The van der Waals surface area contributed by atoms with Crippen LogP contribution in [0.3, 0.4) is 0 Å². The zero-order valence-corrected chi connectivity index (χ0v) is 13.0. The molecule has 1 aliphatic rings. The molecule has 2 rings (SSSR count). The van der Waals surface area contributed by atoms with Crippen molar-refractivity contribution < 1.29 is 14.3 Å².